The molecule has 0 aromatic carbocycles. The molecular weight excluding hydrogens is 308 g/mol. The SMILES string of the molecule is CCc1nc2c3c(-c4ccco4)c(-c4ccco4)oc3ncn2n1. The zero-order valence-electron chi connectivity index (χ0n) is 12.8. The van der Waals surface area contributed by atoms with Gasteiger partial charge in [0.1, 0.15) is 12.1 Å². The lowest BCUT2D eigenvalue weighted by molar-refractivity contribution is 0.536. The predicted molar refractivity (Wildman–Crippen MR) is 85.3 cm³/mol. The topological polar surface area (TPSA) is 82.5 Å². The van der Waals surface area contributed by atoms with E-state index in [9.17, 15) is 0 Å². The lowest BCUT2D eigenvalue weighted by Crippen LogP contribution is -1.90. The van der Waals surface area contributed by atoms with Gasteiger partial charge in [0, 0.05) is 6.42 Å². The van der Waals surface area contributed by atoms with Crippen molar-refractivity contribution in [3.05, 3.63) is 48.9 Å². The van der Waals surface area contributed by atoms with E-state index in [0.717, 1.165) is 23.2 Å². The van der Waals surface area contributed by atoms with E-state index in [4.69, 9.17) is 13.3 Å². The molecule has 0 spiro atoms. The molecule has 5 aromatic heterocycles. The minimum Gasteiger partial charge on any atom is -0.464 e. The Morgan fingerprint density at radius 1 is 1.08 bits per heavy atom. The molecule has 0 N–H and O–H groups in total. The Morgan fingerprint density at radius 3 is 2.58 bits per heavy atom. The van der Waals surface area contributed by atoms with Crippen LogP contribution >= 0.6 is 0 Å². The fraction of sp³-hybridized carbons (Fsp3) is 0.118. The van der Waals surface area contributed by atoms with Crippen molar-refractivity contribution in [1.29, 1.82) is 0 Å². The van der Waals surface area contributed by atoms with Gasteiger partial charge in [-0.05, 0) is 24.3 Å². The predicted octanol–water partition coefficient (Wildman–Crippen LogP) is 3.95. The highest BCUT2D eigenvalue weighted by molar-refractivity contribution is 6.05. The van der Waals surface area contributed by atoms with Gasteiger partial charge in [0.15, 0.2) is 23.0 Å². The second-order valence-corrected chi connectivity index (χ2v) is 5.34. The molecule has 0 unspecified atom stereocenters. The average Bonchev–Trinajstić information content (AvgIpc) is 3.38. The van der Waals surface area contributed by atoms with E-state index in [1.165, 1.54) is 0 Å². The van der Waals surface area contributed by atoms with Crippen LogP contribution in [0.15, 0.2) is 56.4 Å². The normalized spacial score (nSPS) is 11.7. The van der Waals surface area contributed by atoms with Gasteiger partial charge in [0.25, 0.3) is 0 Å². The van der Waals surface area contributed by atoms with Crippen molar-refractivity contribution in [2.24, 2.45) is 0 Å². The lowest BCUT2D eigenvalue weighted by Gasteiger charge is -1.97. The molecule has 0 saturated carbocycles. The van der Waals surface area contributed by atoms with Crippen molar-refractivity contribution in [2.45, 2.75) is 13.3 Å². The Morgan fingerprint density at radius 2 is 1.88 bits per heavy atom. The van der Waals surface area contributed by atoms with Gasteiger partial charge in [-0.2, -0.15) is 0 Å². The molecule has 5 heterocycles. The summed E-state index contributed by atoms with van der Waals surface area (Å²) >= 11 is 0. The number of aromatic nitrogens is 4. The summed E-state index contributed by atoms with van der Waals surface area (Å²) < 4.78 is 18.8. The van der Waals surface area contributed by atoms with Gasteiger partial charge in [0.05, 0.1) is 23.5 Å². The molecule has 24 heavy (non-hydrogen) atoms. The van der Waals surface area contributed by atoms with E-state index in [-0.39, 0.29) is 0 Å². The third kappa shape index (κ3) is 1.75. The van der Waals surface area contributed by atoms with Crippen molar-refractivity contribution < 1.29 is 13.3 Å². The van der Waals surface area contributed by atoms with E-state index >= 15 is 0 Å². The fourth-order valence-corrected chi connectivity index (χ4v) is 2.83. The quantitative estimate of drug-likeness (QED) is 0.500. The number of rotatable bonds is 3. The Bertz CT molecular complexity index is 1130. The highest BCUT2D eigenvalue weighted by Crippen LogP contribution is 2.41. The fourth-order valence-electron chi connectivity index (χ4n) is 2.83. The molecule has 0 fully saturated rings. The maximum Gasteiger partial charge on any atom is 0.232 e. The molecule has 7 nitrogen and oxygen atoms in total. The number of aryl methyl sites for hydroxylation is 1. The first-order valence-corrected chi connectivity index (χ1v) is 7.59. The summed E-state index contributed by atoms with van der Waals surface area (Å²) in [5.74, 6) is 2.57. The van der Waals surface area contributed by atoms with E-state index in [2.05, 4.69) is 15.1 Å². The lowest BCUT2D eigenvalue weighted by atomic mass is 10.1. The number of hydrogen-bond acceptors (Lipinski definition) is 6. The number of fused-ring (bicyclic) bond motifs is 3. The zero-order valence-corrected chi connectivity index (χ0v) is 12.8. The Hall–Kier alpha value is -3.35. The second kappa shape index (κ2) is 4.82. The molecule has 0 aliphatic heterocycles. The molecule has 0 amide bonds. The third-order valence-electron chi connectivity index (χ3n) is 3.90. The zero-order chi connectivity index (χ0) is 16.1. The maximum atomic E-state index is 5.97. The van der Waals surface area contributed by atoms with Gasteiger partial charge < -0.3 is 13.3 Å². The summed E-state index contributed by atoms with van der Waals surface area (Å²) in [5, 5.41) is 5.18. The average molecular weight is 320 g/mol. The largest absolute Gasteiger partial charge is 0.464 e. The molecule has 0 radical (unpaired) electrons. The van der Waals surface area contributed by atoms with Crippen molar-refractivity contribution in [1.82, 2.24) is 19.6 Å². The van der Waals surface area contributed by atoms with Crippen molar-refractivity contribution >= 4 is 16.7 Å². The number of nitrogens with zero attached hydrogens (tertiary/aromatic N) is 4. The Kier molecular flexibility index (Phi) is 2.64. The molecule has 118 valence electrons. The summed E-state index contributed by atoms with van der Waals surface area (Å²) in [6.07, 6.45) is 5.56. The van der Waals surface area contributed by atoms with E-state index in [1.54, 1.807) is 23.4 Å². The molecule has 0 bridgehead atoms. The molecule has 7 heteroatoms. The molecular formula is C17H12N4O3. The van der Waals surface area contributed by atoms with Crippen LogP contribution in [-0.2, 0) is 6.42 Å². The Balaban J connectivity index is 1.95. The molecule has 0 aliphatic carbocycles. The third-order valence-corrected chi connectivity index (χ3v) is 3.90. The van der Waals surface area contributed by atoms with Crippen molar-refractivity contribution in [3.8, 4) is 22.8 Å². The molecule has 5 aromatic rings. The first kappa shape index (κ1) is 13.1. The van der Waals surface area contributed by atoms with Crippen LogP contribution in [0, 0.1) is 0 Å². The van der Waals surface area contributed by atoms with Gasteiger partial charge in [-0.1, -0.05) is 6.92 Å². The number of hydrogen-bond donors (Lipinski definition) is 0. The van der Waals surface area contributed by atoms with Crippen molar-refractivity contribution in [3.63, 3.8) is 0 Å². The molecule has 0 saturated heterocycles. The summed E-state index contributed by atoms with van der Waals surface area (Å²) in [7, 11) is 0. The highest BCUT2D eigenvalue weighted by Gasteiger charge is 2.25. The van der Waals surface area contributed by atoms with Crippen LogP contribution < -0.4 is 0 Å². The van der Waals surface area contributed by atoms with Gasteiger partial charge in [-0.15, -0.1) is 5.10 Å². The van der Waals surface area contributed by atoms with Crippen LogP contribution in [0.25, 0.3) is 39.6 Å². The number of furan rings is 3. The summed E-state index contributed by atoms with van der Waals surface area (Å²) in [5.41, 5.74) is 1.92. The molecule has 5 rings (SSSR count). The summed E-state index contributed by atoms with van der Waals surface area (Å²) in [6, 6.07) is 7.35. The summed E-state index contributed by atoms with van der Waals surface area (Å²) in [6.45, 7) is 2.01. The summed E-state index contributed by atoms with van der Waals surface area (Å²) in [4.78, 5) is 8.97. The van der Waals surface area contributed by atoms with Crippen LogP contribution in [0.4, 0.5) is 0 Å². The van der Waals surface area contributed by atoms with Crippen LogP contribution in [0.5, 0.6) is 0 Å². The first-order chi connectivity index (χ1) is 11.8. The highest BCUT2D eigenvalue weighted by atomic mass is 16.4. The minimum absolute atomic E-state index is 0.468. The van der Waals surface area contributed by atoms with Crippen LogP contribution in [0.2, 0.25) is 0 Å². The van der Waals surface area contributed by atoms with Gasteiger partial charge in [-0.25, -0.2) is 14.5 Å². The van der Waals surface area contributed by atoms with Crippen LogP contribution in [0.3, 0.4) is 0 Å². The van der Waals surface area contributed by atoms with E-state index in [1.807, 2.05) is 31.2 Å². The van der Waals surface area contributed by atoms with Gasteiger partial charge in [-0.3, -0.25) is 0 Å². The Labute approximate surface area is 135 Å². The van der Waals surface area contributed by atoms with E-state index in [0.29, 0.717) is 28.6 Å². The molecule has 0 aliphatic rings. The smallest absolute Gasteiger partial charge is 0.232 e. The monoisotopic (exact) mass is 320 g/mol. The van der Waals surface area contributed by atoms with Crippen molar-refractivity contribution in [2.75, 3.05) is 0 Å². The van der Waals surface area contributed by atoms with Gasteiger partial charge in [0.2, 0.25) is 5.71 Å². The van der Waals surface area contributed by atoms with E-state index < -0.39 is 0 Å². The minimum atomic E-state index is 0.468. The molecule has 0 atom stereocenters. The standard InChI is InChI=1S/C17H12N4O3/c1-2-12-19-16-14-13(10-5-3-7-22-10)15(11-6-4-8-23-11)24-17(14)18-9-21(16)20-12/h3-9H,2H2,1H3. The van der Waals surface area contributed by atoms with Crippen LogP contribution in [0.1, 0.15) is 12.7 Å². The van der Waals surface area contributed by atoms with Crippen LogP contribution in [-0.4, -0.2) is 19.6 Å². The maximum absolute atomic E-state index is 5.97. The first-order valence-electron chi connectivity index (χ1n) is 7.59. The second-order valence-electron chi connectivity index (χ2n) is 5.34. The van der Waals surface area contributed by atoms with Gasteiger partial charge >= 0.3 is 0 Å².